The Morgan fingerprint density at radius 3 is 3.08 bits per heavy atom. The van der Waals surface area contributed by atoms with E-state index in [9.17, 15) is 0 Å². The average molecular weight is 176 g/mol. The van der Waals surface area contributed by atoms with Crippen LogP contribution in [0.3, 0.4) is 0 Å². The van der Waals surface area contributed by atoms with Crippen LogP contribution < -0.4 is 11.1 Å². The Hall–Kier alpha value is -0.860. The molecule has 2 nitrogen and oxygen atoms in total. The smallest absolute Gasteiger partial charge is 0.0208 e. The van der Waals surface area contributed by atoms with E-state index in [0.717, 1.165) is 32.5 Å². The first-order chi connectivity index (χ1) is 6.40. The van der Waals surface area contributed by atoms with Gasteiger partial charge in [0.2, 0.25) is 0 Å². The molecule has 1 aliphatic rings. The molecular formula is C11H16N2. The van der Waals surface area contributed by atoms with E-state index in [0.29, 0.717) is 0 Å². The summed E-state index contributed by atoms with van der Waals surface area (Å²) in [7, 11) is 0. The fourth-order valence-corrected chi connectivity index (χ4v) is 1.86. The molecule has 2 rings (SSSR count). The maximum atomic E-state index is 5.52. The lowest BCUT2D eigenvalue weighted by molar-refractivity contribution is 0.642. The van der Waals surface area contributed by atoms with Crippen LogP contribution in [0.2, 0.25) is 0 Å². The van der Waals surface area contributed by atoms with E-state index in [2.05, 4.69) is 23.5 Å². The third kappa shape index (κ3) is 1.90. The molecule has 0 spiro atoms. The molecule has 2 heteroatoms. The van der Waals surface area contributed by atoms with Crippen LogP contribution in [0.5, 0.6) is 0 Å². The summed E-state index contributed by atoms with van der Waals surface area (Å²) < 4.78 is 0. The molecule has 0 saturated heterocycles. The van der Waals surface area contributed by atoms with Gasteiger partial charge in [-0.25, -0.2) is 0 Å². The van der Waals surface area contributed by atoms with Crippen molar-refractivity contribution < 1.29 is 0 Å². The second-order valence-electron chi connectivity index (χ2n) is 3.57. The number of benzene rings is 1. The summed E-state index contributed by atoms with van der Waals surface area (Å²) in [6, 6.07) is 6.74. The lowest BCUT2D eigenvalue weighted by Crippen LogP contribution is -2.23. The molecule has 0 atom stereocenters. The van der Waals surface area contributed by atoms with Gasteiger partial charge in [0.25, 0.3) is 0 Å². The predicted octanol–water partition coefficient (Wildman–Crippen LogP) is 0.833. The summed E-state index contributed by atoms with van der Waals surface area (Å²) in [5.74, 6) is 0. The summed E-state index contributed by atoms with van der Waals surface area (Å²) in [5, 5.41) is 3.38. The van der Waals surface area contributed by atoms with Gasteiger partial charge in [-0.3, -0.25) is 0 Å². The molecule has 0 radical (unpaired) electrons. The Labute approximate surface area is 79.1 Å². The molecule has 0 unspecified atom stereocenters. The zero-order chi connectivity index (χ0) is 9.10. The number of fused-ring (bicyclic) bond motifs is 1. The molecule has 70 valence electrons. The van der Waals surface area contributed by atoms with Crippen LogP contribution >= 0.6 is 0 Å². The van der Waals surface area contributed by atoms with E-state index in [4.69, 9.17) is 5.73 Å². The Balaban J connectivity index is 2.24. The maximum Gasteiger partial charge on any atom is 0.0208 e. The maximum absolute atomic E-state index is 5.52. The fraction of sp³-hybridized carbons (Fsp3) is 0.455. The summed E-state index contributed by atoms with van der Waals surface area (Å²) in [6.45, 7) is 2.88. The Kier molecular flexibility index (Phi) is 2.62. The lowest BCUT2D eigenvalue weighted by Gasteiger charge is -2.17. The molecule has 1 heterocycles. The third-order valence-electron chi connectivity index (χ3n) is 2.59. The summed E-state index contributed by atoms with van der Waals surface area (Å²) in [4.78, 5) is 0. The molecule has 0 fully saturated rings. The van der Waals surface area contributed by atoms with E-state index in [1.807, 2.05) is 0 Å². The summed E-state index contributed by atoms with van der Waals surface area (Å²) in [6.07, 6.45) is 2.16. The molecular weight excluding hydrogens is 160 g/mol. The van der Waals surface area contributed by atoms with Crippen molar-refractivity contribution in [3.8, 4) is 0 Å². The van der Waals surface area contributed by atoms with Gasteiger partial charge in [-0.1, -0.05) is 18.2 Å². The highest BCUT2D eigenvalue weighted by Crippen LogP contribution is 2.15. The Bertz CT molecular complexity index is 294. The molecule has 0 aromatic heterocycles. The minimum absolute atomic E-state index is 0.742. The molecule has 13 heavy (non-hydrogen) atoms. The zero-order valence-electron chi connectivity index (χ0n) is 7.84. The summed E-state index contributed by atoms with van der Waals surface area (Å²) in [5.41, 5.74) is 9.84. The van der Waals surface area contributed by atoms with Gasteiger partial charge >= 0.3 is 0 Å². The SMILES string of the molecule is NCCc1ccc2c(c1)CNCC2. The average Bonchev–Trinajstić information content (AvgIpc) is 2.18. The molecule has 1 aromatic carbocycles. The van der Waals surface area contributed by atoms with Crippen molar-refractivity contribution in [1.29, 1.82) is 0 Å². The first-order valence-electron chi connectivity index (χ1n) is 4.91. The topological polar surface area (TPSA) is 38.0 Å². The number of nitrogens with two attached hydrogens (primary N) is 1. The number of hydrogen-bond donors (Lipinski definition) is 2. The van der Waals surface area contributed by atoms with Gasteiger partial charge in [-0.15, -0.1) is 0 Å². The van der Waals surface area contributed by atoms with Crippen LogP contribution in [-0.2, 0) is 19.4 Å². The van der Waals surface area contributed by atoms with Gasteiger partial charge in [0.15, 0.2) is 0 Å². The van der Waals surface area contributed by atoms with Crippen LogP contribution in [-0.4, -0.2) is 13.1 Å². The normalized spacial score (nSPS) is 15.5. The molecule has 0 aliphatic carbocycles. The number of hydrogen-bond acceptors (Lipinski definition) is 2. The van der Waals surface area contributed by atoms with Crippen molar-refractivity contribution in [2.45, 2.75) is 19.4 Å². The van der Waals surface area contributed by atoms with Crippen molar-refractivity contribution in [2.75, 3.05) is 13.1 Å². The number of nitrogens with one attached hydrogen (secondary N) is 1. The minimum atomic E-state index is 0.742. The molecule has 0 saturated carbocycles. The Morgan fingerprint density at radius 2 is 2.23 bits per heavy atom. The van der Waals surface area contributed by atoms with Gasteiger partial charge < -0.3 is 11.1 Å². The van der Waals surface area contributed by atoms with E-state index in [1.165, 1.54) is 16.7 Å². The van der Waals surface area contributed by atoms with E-state index >= 15 is 0 Å². The predicted molar refractivity (Wildman–Crippen MR) is 54.6 cm³/mol. The van der Waals surface area contributed by atoms with Gasteiger partial charge in [-0.05, 0) is 42.6 Å². The molecule has 1 aromatic rings. The van der Waals surface area contributed by atoms with Crippen LogP contribution in [0.4, 0.5) is 0 Å². The second-order valence-corrected chi connectivity index (χ2v) is 3.57. The monoisotopic (exact) mass is 176 g/mol. The summed E-state index contributed by atoms with van der Waals surface area (Å²) >= 11 is 0. The highest BCUT2D eigenvalue weighted by molar-refractivity contribution is 5.33. The molecule has 3 N–H and O–H groups in total. The van der Waals surface area contributed by atoms with E-state index in [-0.39, 0.29) is 0 Å². The van der Waals surface area contributed by atoms with Crippen LogP contribution in [0.1, 0.15) is 16.7 Å². The highest BCUT2D eigenvalue weighted by atomic mass is 14.9. The zero-order valence-corrected chi connectivity index (χ0v) is 7.84. The van der Waals surface area contributed by atoms with Gasteiger partial charge in [-0.2, -0.15) is 0 Å². The quantitative estimate of drug-likeness (QED) is 0.700. The lowest BCUT2D eigenvalue weighted by atomic mass is 9.97. The molecule has 0 bridgehead atoms. The first kappa shape index (κ1) is 8.73. The second kappa shape index (κ2) is 3.90. The van der Waals surface area contributed by atoms with Crippen LogP contribution in [0, 0.1) is 0 Å². The van der Waals surface area contributed by atoms with Crippen molar-refractivity contribution in [3.05, 3.63) is 34.9 Å². The Morgan fingerprint density at radius 1 is 1.31 bits per heavy atom. The standard InChI is InChI=1S/C11H16N2/c12-5-3-9-1-2-10-4-6-13-8-11(10)7-9/h1-2,7,13H,3-6,8,12H2. The largest absolute Gasteiger partial charge is 0.330 e. The van der Waals surface area contributed by atoms with Gasteiger partial charge in [0.05, 0.1) is 0 Å². The van der Waals surface area contributed by atoms with Crippen LogP contribution in [0.25, 0.3) is 0 Å². The highest BCUT2D eigenvalue weighted by Gasteiger charge is 2.07. The molecule has 1 aliphatic heterocycles. The van der Waals surface area contributed by atoms with E-state index < -0.39 is 0 Å². The van der Waals surface area contributed by atoms with Crippen molar-refractivity contribution >= 4 is 0 Å². The number of rotatable bonds is 2. The minimum Gasteiger partial charge on any atom is -0.330 e. The third-order valence-corrected chi connectivity index (χ3v) is 2.59. The van der Waals surface area contributed by atoms with Crippen LogP contribution in [0.15, 0.2) is 18.2 Å². The van der Waals surface area contributed by atoms with Gasteiger partial charge in [0, 0.05) is 6.54 Å². The van der Waals surface area contributed by atoms with Gasteiger partial charge in [0.1, 0.15) is 0 Å². The fourth-order valence-electron chi connectivity index (χ4n) is 1.86. The van der Waals surface area contributed by atoms with Crippen molar-refractivity contribution in [3.63, 3.8) is 0 Å². The van der Waals surface area contributed by atoms with Crippen molar-refractivity contribution in [1.82, 2.24) is 5.32 Å². The van der Waals surface area contributed by atoms with Crippen molar-refractivity contribution in [2.24, 2.45) is 5.73 Å². The first-order valence-corrected chi connectivity index (χ1v) is 4.91. The molecule has 0 amide bonds. The van der Waals surface area contributed by atoms with E-state index in [1.54, 1.807) is 0 Å².